The molecule has 0 rings (SSSR count). The summed E-state index contributed by atoms with van der Waals surface area (Å²) < 4.78 is 22.2. The van der Waals surface area contributed by atoms with E-state index >= 15 is 0 Å². The maximum Gasteiger partial charge on any atom is 0.150 e. The minimum atomic E-state index is -2.75. The van der Waals surface area contributed by atoms with Crippen LogP contribution in [-0.2, 0) is 9.84 Å². The van der Waals surface area contributed by atoms with Crippen molar-refractivity contribution in [3.63, 3.8) is 0 Å². The number of sulfone groups is 1. The molecular formula is C9H21NO2S. The highest BCUT2D eigenvalue weighted by Gasteiger charge is 2.05. The smallest absolute Gasteiger partial charge is 0.150 e. The van der Waals surface area contributed by atoms with Gasteiger partial charge in [-0.1, -0.05) is 20.8 Å². The third-order valence-electron chi connectivity index (χ3n) is 1.87. The zero-order valence-corrected chi connectivity index (χ0v) is 9.65. The van der Waals surface area contributed by atoms with Crippen LogP contribution >= 0.6 is 0 Å². The van der Waals surface area contributed by atoms with Crippen LogP contribution < -0.4 is 5.32 Å². The van der Waals surface area contributed by atoms with Crippen molar-refractivity contribution in [3.8, 4) is 0 Å². The Bertz CT molecular complexity index is 210. The molecule has 0 saturated heterocycles. The molecule has 0 radical (unpaired) electrons. The zero-order chi connectivity index (χ0) is 10.3. The lowest BCUT2D eigenvalue weighted by molar-refractivity contribution is 0.560. The predicted molar refractivity (Wildman–Crippen MR) is 56.7 cm³/mol. The molecule has 0 aromatic heterocycles. The average Bonchev–Trinajstić information content (AvgIpc) is 2.03. The van der Waals surface area contributed by atoms with Crippen LogP contribution in [0.3, 0.4) is 0 Å². The lowest BCUT2D eigenvalue weighted by Gasteiger charge is -2.07. The first-order valence-corrected chi connectivity index (χ1v) is 6.74. The van der Waals surface area contributed by atoms with Gasteiger partial charge in [-0.2, -0.15) is 0 Å². The lowest BCUT2D eigenvalue weighted by Crippen LogP contribution is -2.24. The molecule has 0 aliphatic carbocycles. The molecule has 0 spiro atoms. The minimum Gasteiger partial charge on any atom is -0.315 e. The van der Waals surface area contributed by atoms with Gasteiger partial charge in [-0.15, -0.1) is 0 Å². The van der Waals surface area contributed by atoms with Crippen molar-refractivity contribution < 1.29 is 8.42 Å². The third kappa shape index (κ3) is 8.25. The van der Waals surface area contributed by atoms with Gasteiger partial charge >= 0.3 is 0 Å². The average molecular weight is 207 g/mol. The van der Waals surface area contributed by atoms with Crippen LogP contribution in [-0.4, -0.2) is 32.5 Å². The van der Waals surface area contributed by atoms with Gasteiger partial charge in [-0.25, -0.2) is 8.42 Å². The maximum absolute atomic E-state index is 11.1. The van der Waals surface area contributed by atoms with Gasteiger partial charge in [-0.3, -0.25) is 0 Å². The van der Waals surface area contributed by atoms with E-state index in [0.29, 0.717) is 11.8 Å². The van der Waals surface area contributed by atoms with Crippen LogP contribution in [0.1, 0.15) is 33.6 Å². The summed E-state index contributed by atoms with van der Waals surface area (Å²) in [5, 5.41) is 3.25. The highest BCUT2D eigenvalue weighted by Crippen LogP contribution is 1.96. The lowest BCUT2D eigenvalue weighted by atomic mass is 10.3. The largest absolute Gasteiger partial charge is 0.315 e. The van der Waals surface area contributed by atoms with E-state index in [0.717, 1.165) is 19.4 Å². The van der Waals surface area contributed by atoms with Crippen molar-refractivity contribution >= 4 is 9.84 Å². The maximum atomic E-state index is 11.1. The summed E-state index contributed by atoms with van der Waals surface area (Å²) in [5.41, 5.74) is 0. The SMILES string of the molecule is CCS(=O)(=O)CCCCNC(C)C. The highest BCUT2D eigenvalue weighted by atomic mass is 32.2. The van der Waals surface area contributed by atoms with E-state index in [4.69, 9.17) is 0 Å². The molecule has 0 atom stereocenters. The van der Waals surface area contributed by atoms with E-state index in [2.05, 4.69) is 19.2 Å². The summed E-state index contributed by atoms with van der Waals surface area (Å²) in [4.78, 5) is 0. The molecule has 0 aliphatic heterocycles. The van der Waals surface area contributed by atoms with Gasteiger partial charge in [0, 0.05) is 11.8 Å². The van der Waals surface area contributed by atoms with Crippen LogP contribution in [0.25, 0.3) is 0 Å². The van der Waals surface area contributed by atoms with Crippen molar-refractivity contribution in [2.75, 3.05) is 18.1 Å². The van der Waals surface area contributed by atoms with E-state index in [1.165, 1.54) is 0 Å². The Labute approximate surface area is 81.8 Å². The summed E-state index contributed by atoms with van der Waals surface area (Å²) in [6.07, 6.45) is 1.72. The van der Waals surface area contributed by atoms with Gasteiger partial charge in [-0.05, 0) is 19.4 Å². The molecule has 1 N–H and O–H groups in total. The standard InChI is InChI=1S/C9H21NO2S/c1-4-13(11,12)8-6-5-7-10-9(2)3/h9-10H,4-8H2,1-3H3. The van der Waals surface area contributed by atoms with Gasteiger partial charge in [0.05, 0.1) is 5.75 Å². The van der Waals surface area contributed by atoms with Crippen LogP contribution in [0.4, 0.5) is 0 Å². The van der Waals surface area contributed by atoms with Crippen molar-refractivity contribution in [2.24, 2.45) is 0 Å². The van der Waals surface area contributed by atoms with Gasteiger partial charge < -0.3 is 5.32 Å². The first-order valence-electron chi connectivity index (χ1n) is 4.91. The quantitative estimate of drug-likeness (QED) is 0.638. The van der Waals surface area contributed by atoms with Crippen molar-refractivity contribution in [3.05, 3.63) is 0 Å². The molecule has 0 aliphatic rings. The van der Waals surface area contributed by atoms with Gasteiger partial charge in [0.1, 0.15) is 9.84 Å². The second kappa shape index (κ2) is 6.38. The van der Waals surface area contributed by atoms with Crippen molar-refractivity contribution in [1.82, 2.24) is 5.32 Å². The highest BCUT2D eigenvalue weighted by molar-refractivity contribution is 7.91. The molecule has 4 heteroatoms. The predicted octanol–water partition coefficient (Wildman–Crippen LogP) is 1.20. The number of hydrogen-bond donors (Lipinski definition) is 1. The van der Waals surface area contributed by atoms with Gasteiger partial charge in [0.2, 0.25) is 0 Å². The molecule has 0 aromatic carbocycles. The Morgan fingerprint density at radius 3 is 2.31 bits per heavy atom. The molecule has 0 aromatic rings. The molecule has 80 valence electrons. The topological polar surface area (TPSA) is 46.2 Å². The summed E-state index contributed by atoms with van der Waals surface area (Å²) in [7, 11) is -2.75. The van der Waals surface area contributed by atoms with E-state index < -0.39 is 9.84 Å². The number of unbranched alkanes of at least 4 members (excludes halogenated alkanes) is 1. The van der Waals surface area contributed by atoms with Crippen LogP contribution in [0.15, 0.2) is 0 Å². The molecule has 0 unspecified atom stereocenters. The Morgan fingerprint density at radius 2 is 1.85 bits per heavy atom. The van der Waals surface area contributed by atoms with E-state index in [1.54, 1.807) is 6.92 Å². The molecule has 0 saturated carbocycles. The fourth-order valence-corrected chi connectivity index (χ4v) is 1.91. The fraction of sp³-hybridized carbons (Fsp3) is 1.00. The molecule has 3 nitrogen and oxygen atoms in total. The molecular weight excluding hydrogens is 186 g/mol. The van der Waals surface area contributed by atoms with Crippen LogP contribution in [0.2, 0.25) is 0 Å². The van der Waals surface area contributed by atoms with E-state index in [1.807, 2.05) is 0 Å². The number of rotatable bonds is 7. The first kappa shape index (κ1) is 12.9. The zero-order valence-electron chi connectivity index (χ0n) is 8.84. The summed E-state index contributed by atoms with van der Waals surface area (Å²) >= 11 is 0. The van der Waals surface area contributed by atoms with Crippen molar-refractivity contribution in [1.29, 1.82) is 0 Å². The second-order valence-corrected chi connectivity index (χ2v) is 6.03. The summed E-state index contributed by atoms with van der Waals surface area (Å²) in [6, 6.07) is 0.489. The van der Waals surface area contributed by atoms with Gasteiger partial charge in [0.15, 0.2) is 0 Å². The Balaban J connectivity index is 3.37. The van der Waals surface area contributed by atoms with Crippen molar-refractivity contribution in [2.45, 2.75) is 39.7 Å². The van der Waals surface area contributed by atoms with E-state index in [-0.39, 0.29) is 5.75 Å². The number of hydrogen-bond acceptors (Lipinski definition) is 3. The number of nitrogens with one attached hydrogen (secondary N) is 1. The monoisotopic (exact) mass is 207 g/mol. The Kier molecular flexibility index (Phi) is 6.33. The Morgan fingerprint density at radius 1 is 1.23 bits per heavy atom. The third-order valence-corrected chi connectivity index (χ3v) is 3.66. The minimum absolute atomic E-state index is 0.268. The van der Waals surface area contributed by atoms with E-state index in [9.17, 15) is 8.42 Å². The Hall–Kier alpha value is -0.0900. The summed E-state index contributed by atoms with van der Waals surface area (Å²) in [6.45, 7) is 6.78. The van der Waals surface area contributed by atoms with Gasteiger partial charge in [0.25, 0.3) is 0 Å². The van der Waals surface area contributed by atoms with Crippen LogP contribution in [0.5, 0.6) is 0 Å². The molecule has 0 heterocycles. The molecule has 0 fully saturated rings. The normalized spacial score (nSPS) is 12.3. The molecule has 13 heavy (non-hydrogen) atoms. The molecule has 0 amide bonds. The summed E-state index contributed by atoms with van der Waals surface area (Å²) in [5.74, 6) is 0.605. The van der Waals surface area contributed by atoms with Crippen LogP contribution in [0, 0.1) is 0 Å². The second-order valence-electron chi connectivity index (χ2n) is 3.55. The fourth-order valence-electron chi connectivity index (χ4n) is 0.982. The first-order chi connectivity index (χ1) is 5.98. The molecule has 0 bridgehead atoms.